The van der Waals surface area contributed by atoms with Crippen LogP contribution < -0.4 is 0 Å². The lowest BCUT2D eigenvalue weighted by Gasteiger charge is -2.09. The van der Waals surface area contributed by atoms with Crippen molar-refractivity contribution in [2.45, 2.75) is 0 Å². The molecule has 0 saturated heterocycles. The quantitative estimate of drug-likeness (QED) is 0.221. The van der Waals surface area contributed by atoms with Crippen LogP contribution in [0.4, 0.5) is 0 Å². The first-order valence-corrected chi connectivity index (χ1v) is 13.4. The lowest BCUT2D eigenvalue weighted by atomic mass is 10.0. The summed E-state index contributed by atoms with van der Waals surface area (Å²) in [4.78, 5) is 14.4. The fraction of sp³-hybridized carbons (Fsp3) is 0. The van der Waals surface area contributed by atoms with Gasteiger partial charge in [0.2, 0.25) is 0 Å². The molecule has 0 N–H and O–H groups in total. The van der Waals surface area contributed by atoms with Gasteiger partial charge in [0.1, 0.15) is 22.3 Å². The molecule has 0 aliphatic carbocycles. The van der Waals surface area contributed by atoms with Gasteiger partial charge in [0.15, 0.2) is 17.5 Å². The van der Waals surface area contributed by atoms with Crippen LogP contribution in [0.2, 0.25) is 0 Å². The molecule has 9 aromatic rings. The first-order chi connectivity index (χ1) is 22.9. The number of rotatable bonds is 3. The Morgan fingerprint density at radius 3 is 2.02 bits per heavy atom. The Bertz CT molecular complexity index is 2740. The summed E-state index contributed by atoms with van der Waals surface area (Å²) in [6.45, 7) is 0. The van der Waals surface area contributed by atoms with Crippen LogP contribution in [-0.2, 0) is 0 Å². The second-order valence-electron chi connectivity index (χ2n) is 10.1. The van der Waals surface area contributed by atoms with Crippen molar-refractivity contribution in [3.63, 3.8) is 0 Å². The molecule has 196 valence electrons. The van der Waals surface area contributed by atoms with Crippen molar-refractivity contribution in [2.24, 2.45) is 0 Å². The number of hydrogen-bond donors (Lipinski definition) is 0. The molecule has 0 bridgehead atoms. The minimum absolute atomic E-state index is 0.0399. The number of benzene rings is 6. The standard InChI is InChI=1S/C37H21N3O2/c1-2-9-22(10-3-1)35-38-36(25-17-18-27-26-13-6-7-15-30(26)41-32(27)21-25)40-37(39-35)28-14-8-16-31-34(28)29-19-23-11-4-5-12-24(23)20-33(29)42-31/h1-21H/i1D,2D,3D,9D,10D. The molecule has 42 heavy (non-hydrogen) atoms. The molecule has 0 spiro atoms. The molecule has 0 amide bonds. The minimum Gasteiger partial charge on any atom is -0.456 e. The van der Waals surface area contributed by atoms with Crippen molar-refractivity contribution in [1.82, 2.24) is 15.0 Å². The molecule has 0 unspecified atom stereocenters. The second kappa shape index (κ2) is 8.85. The van der Waals surface area contributed by atoms with E-state index in [1.807, 2.05) is 91.0 Å². The van der Waals surface area contributed by atoms with Crippen LogP contribution in [0.5, 0.6) is 0 Å². The van der Waals surface area contributed by atoms with E-state index in [0.717, 1.165) is 37.9 Å². The lowest BCUT2D eigenvalue weighted by Crippen LogP contribution is -2.00. The highest BCUT2D eigenvalue weighted by Gasteiger charge is 2.19. The Kier molecular flexibility index (Phi) is 3.90. The molecular weight excluding hydrogens is 518 g/mol. The number of nitrogens with zero attached hydrogens (tertiary/aromatic N) is 3. The monoisotopic (exact) mass is 544 g/mol. The summed E-state index contributed by atoms with van der Waals surface area (Å²) in [6, 6.07) is 29.0. The van der Waals surface area contributed by atoms with E-state index in [1.54, 1.807) is 0 Å². The van der Waals surface area contributed by atoms with Gasteiger partial charge in [0.25, 0.3) is 0 Å². The zero-order valence-corrected chi connectivity index (χ0v) is 21.9. The molecule has 0 aliphatic rings. The third-order valence-corrected chi connectivity index (χ3v) is 7.60. The van der Waals surface area contributed by atoms with E-state index in [2.05, 4.69) is 6.07 Å². The summed E-state index contributed by atoms with van der Waals surface area (Å²) in [6.07, 6.45) is 0. The Hall–Kier alpha value is -5.81. The first kappa shape index (κ1) is 18.5. The highest BCUT2D eigenvalue weighted by Crippen LogP contribution is 2.38. The van der Waals surface area contributed by atoms with Gasteiger partial charge in [-0.05, 0) is 47.2 Å². The first-order valence-electron chi connectivity index (χ1n) is 15.9. The Balaban J connectivity index is 1.34. The number of fused-ring (bicyclic) bond motifs is 7. The van der Waals surface area contributed by atoms with E-state index in [0.29, 0.717) is 27.9 Å². The normalized spacial score (nSPS) is 13.5. The Morgan fingerprint density at radius 1 is 0.476 bits per heavy atom. The average Bonchev–Trinajstić information content (AvgIpc) is 3.66. The summed E-state index contributed by atoms with van der Waals surface area (Å²) in [5, 5.41) is 5.69. The molecule has 3 aromatic heterocycles. The molecule has 0 saturated carbocycles. The largest absolute Gasteiger partial charge is 0.456 e. The SMILES string of the molecule is [2H]c1c([2H])c([2H])c(-c2nc(-c3ccc4c(c3)oc3ccccc34)nc(-c3cccc4oc5cc6ccccc6cc5c34)n2)c([2H])c1[2H]. The van der Waals surface area contributed by atoms with Crippen molar-refractivity contribution in [2.75, 3.05) is 0 Å². The predicted octanol–water partition coefficient (Wildman–Crippen LogP) is 9.82. The number of furan rings is 2. The number of aromatic nitrogens is 3. The fourth-order valence-electron chi connectivity index (χ4n) is 5.66. The van der Waals surface area contributed by atoms with E-state index < -0.39 is 30.2 Å². The molecule has 0 radical (unpaired) electrons. The molecule has 6 aromatic carbocycles. The van der Waals surface area contributed by atoms with Crippen molar-refractivity contribution in [1.29, 1.82) is 0 Å². The van der Waals surface area contributed by atoms with Gasteiger partial charge in [0.05, 0.1) is 6.85 Å². The Labute approximate surface area is 246 Å². The molecule has 5 nitrogen and oxygen atoms in total. The van der Waals surface area contributed by atoms with Crippen LogP contribution in [0, 0.1) is 0 Å². The third kappa shape index (κ3) is 3.54. The van der Waals surface area contributed by atoms with Crippen LogP contribution in [0.3, 0.4) is 0 Å². The van der Waals surface area contributed by atoms with E-state index in [-0.39, 0.29) is 23.0 Å². The van der Waals surface area contributed by atoms with Crippen molar-refractivity contribution in [3.8, 4) is 34.2 Å². The summed E-state index contributed by atoms with van der Waals surface area (Å²) in [7, 11) is 0. The smallest absolute Gasteiger partial charge is 0.164 e. The molecule has 9 rings (SSSR count). The lowest BCUT2D eigenvalue weighted by molar-refractivity contribution is 0.669. The van der Waals surface area contributed by atoms with Crippen LogP contribution in [-0.4, -0.2) is 15.0 Å². The molecule has 5 heteroatoms. The topological polar surface area (TPSA) is 65.0 Å². The van der Waals surface area contributed by atoms with E-state index in [9.17, 15) is 0 Å². The molecule has 0 aliphatic heterocycles. The summed E-state index contributed by atoms with van der Waals surface area (Å²) < 4.78 is 54.5. The highest BCUT2D eigenvalue weighted by molar-refractivity contribution is 6.15. The number of hydrogen-bond acceptors (Lipinski definition) is 5. The fourth-order valence-corrected chi connectivity index (χ4v) is 5.66. The van der Waals surface area contributed by atoms with Gasteiger partial charge >= 0.3 is 0 Å². The molecule has 3 heterocycles. The minimum atomic E-state index is -0.490. The molecule has 0 fully saturated rings. The van der Waals surface area contributed by atoms with Gasteiger partial charge < -0.3 is 8.83 Å². The summed E-state index contributed by atoms with van der Waals surface area (Å²) in [5.41, 5.74) is 3.90. The van der Waals surface area contributed by atoms with E-state index >= 15 is 0 Å². The zero-order chi connectivity index (χ0) is 32.0. The summed E-state index contributed by atoms with van der Waals surface area (Å²) >= 11 is 0. The van der Waals surface area contributed by atoms with Gasteiger partial charge in [-0.1, -0.05) is 90.9 Å². The maximum Gasteiger partial charge on any atom is 0.164 e. The predicted molar refractivity (Wildman–Crippen MR) is 168 cm³/mol. The van der Waals surface area contributed by atoms with Gasteiger partial charge in [-0.3, -0.25) is 0 Å². The van der Waals surface area contributed by atoms with Crippen LogP contribution in [0.1, 0.15) is 6.85 Å². The van der Waals surface area contributed by atoms with Gasteiger partial charge in [-0.15, -0.1) is 0 Å². The molecule has 0 atom stereocenters. The highest BCUT2D eigenvalue weighted by atomic mass is 16.3. The van der Waals surface area contributed by atoms with Crippen molar-refractivity contribution >= 4 is 54.6 Å². The van der Waals surface area contributed by atoms with Gasteiger partial charge in [0, 0.05) is 38.2 Å². The van der Waals surface area contributed by atoms with Gasteiger partial charge in [-0.25, -0.2) is 15.0 Å². The van der Waals surface area contributed by atoms with E-state index in [4.69, 9.17) is 30.6 Å². The van der Waals surface area contributed by atoms with Crippen molar-refractivity contribution in [3.05, 3.63) is 127 Å². The summed E-state index contributed by atoms with van der Waals surface area (Å²) in [5.74, 6) is 0.486. The van der Waals surface area contributed by atoms with Crippen molar-refractivity contribution < 1.29 is 15.7 Å². The second-order valence-corrected chi connectivity index (χ2v) is 10.1. The Morgan fingerprint density at radius 2 is 1.14 bits per heavy atom. The van der Waals surface area contributed by atoms with Gasteiger partial charge in [-0.2, -0.15) is 0 Å². The zero-order valence-electron chi connectivity index (χ0n) is 26.9. The third-order valence-electron chi connectivity index (χ3n) is 7.60. The average molecular weight is 545 g/mol. The van der Waals surface area contributed by atoms with Crippen LogP contribution in [0.15, 0.2) is 136 Å². The van der Waals surface area contributed by atoms with Crippen LogP contribution >= 0.6 is 0 Å². The maximum absolute atomic E-state index is 8.68. The molecular formula is C37H21N3O2. The number of para-hydroxylation sites is 1. The maximum atomic E-state index is 8.68. The van der Waals surface area contributed by atoms with E-state index in [1.165, 1.54) is 0 Å². The van der Waals surface area contributed by atoms with Crippen LogP contribution in [0.25, 0.3) is 88.8 Å².